The minimum atomic E-state index is -2.90. The Balaban J connectivity index is 2.55. The van der Waals surface area contributed by atoms with Gasteiger partial charge in [0.2, 0.25) is 10.9 Å². The fourth-order valence-corrected chi connectivity index (χ4v) is 3.19. The van der Waals surface area contributed by atoms with E-state index in [1.54, 1.807) is 35.4 Å². The highest BCUT2D eigenvalue weighted by Crippen LogP contribution is 2.29. The number of hydrogen-bond acceptors (Lipinski definition) is 4. The second-order valence-corrected chi connectivity index (χ2v) is 6.05. The number of para-hydroxylation sites is 1. The van der Waals surface area contributed by atoms with E-state index in [1.807, 2.05) is 30.3 Å². The minimum absolute atomic E-state index is 0.0239. The number of nitrogens with zero attached hydrogens (tertiary/aromatic N) is 2. The van der Waals surface area contributed by atoms with Crippen molar-refractivity contribution in [1.82, 2.24) is 0 Å². The SMILES string of the molecule is CSC(=N[SH](=O)=O)N(c1ccccc1)c1ccc(C(C)=O)cc1. The average molecular weight is 348 g/mol. The van der Waals surface area contributed by atoms with Crippen molar-refractivity contribution in [2.75, 3.05) is 11.2 Å². The van der Waals surface area contributed by atoms with Crippen molar-refractivity contribution in [2.45, 2.75) is 6.92 Å². The van der Waals surface area contributed by atoms with E-state index in [-0.39, 0.29) is 5.78 Å². The van der Waals surface area contributed by atoms with E-state index < -0.39 is 10.9 Å². The van der Waals surface area contributed by atoms with Gasteiger partial charge in [0.05, 0.1) is 0 Å². The molecule has 0 unspecified atom stereocenters. The molecule has 120 valence electrons. The van der Waals surface area contributed by atoms with Crippen LogP contribution in [0.3, 0.4) is 0 Å². The van der Waals surface area contributed by atoms with Gasteiger partial charge in [-0.3, -0.25) is 9.69 Å². The van der Waals surface area contributed by atoms with Gasteiger partial charge in [-0.2, -0.15) is 0 Å². The lowest BCUT2D eigenvalue weighted by atomic mass is 10.1. The summed E-state index contributed by atoms with van der Waals surface area (Å²) in [6, 6.07) is 16.3. The third-order valence-corrected chi connectivity index (χ3v) is 4.21. The normalized spacial score (nSPS) is 11.5. The van der Waals surface area contributed by atoms with Crippen molar-refractivity contribution in [2.24, 2.45) is 4.40 Å². The van der Waals surface area contributed by atoms with Crippen LogP contribution in [-0.2, 0) is 10.9 Å². The maximum absolute atomic E-state index is 11.4. The van der Waals surface area contributed by atoms with Crippen molar-refractivity contribution in [3.05, 3.63) is 60.2 Å². The third kappa shape index (κ3) is 4.43. The highest BCUT2D eigenvalue weighted by molar-refractivity contribution is 8.14. The van der Waals surface area contributed by atoms with Gasteiger partial charge in [-0.1, -0.05) is 30.0 Å². The van der Waals surface area contributed by atoms with Crippen molar-refractivity contribution in [3.63, 3.8) is 0 Å². The molecule has 0 saturated carbocycles. The second-order valence-electron chi connectivity index (χ2n) is 4.60. The van der Waals surface area contributed by atoms with Crippen LogP contribution in [0, 0.1) is 0 Å². The molecule has 0 saturated heterocycles. The lowest BCUT2D eigenvalue weighted by Crippen LogP contribution is -2.23. The van der Waals surface area contributed by atoms with Gasteiger partial charge < -0.3 is 0 Å². The number of carbonyl (C=O) groups excluding carboxylic acids is 1. The summed E-state index contributed by atoms with van der Waals surface area (Å²) in [7, 11) is -2.90. The molecule has 0 radical (unpaired) electrons. The molecule has 7 heteroatoms. The highest BCUT2D eigenvalue weighted by Gasteiger charge is 2.16. The third-order valence-electron chi connectivity index (χ3n) is 3.09. The first-order valence-electron chi connectivity index (χ1n) is 6.76. The molecule has 0 bridgehead atoms. The van der Waals surface area contributed by atoms with Gasteiger partial charge in [0.1, 0.15) is 0 Å². The molecule has 0 heterocycles. The van der Waals surface area contributed by atoms with Crippen molar-refractivity contribution in [3.8, 4) is 0 Å². The molecular formula is C16H16N2O3S2. The maximum Gasteiger partial charge on any atom is 0.245 e. The molecule has 23 heavy (non-hydrogen) atoms. The summed E-state index contributed by atoms with van der Waals surface area (Å²) >= 11 is 1.23. The van der Waals surface area contributed by atoms with E-state index in [4.69, 9.17) is 0 Å². The average Bonchev–Trinajstić information content (AvgIpc) is 2.55. The molecule has 0 N–H and O–H groups in total. The molecule has 0 aliphatic carbocycles. The summed E-state index contributed by atoms with van der Waals surface area (Å²) in [6.07, 6.45) is 1.76. The monoisotopic (exact) mass is 348 g/mol. The molecule has 0 aliphatic rings. The largest absolute Gasteiger partial charge is 0.295 e. The zero-order valence-corrected chi connectivity index (χ0v) is 14.4. The number of rotatable bonds is 4. The summed E-state index contributed by atoms with van der Waals surface area (Å²) in [5.74, 6) is -0.0239. The van der Waals surface area contributed by atoms with Gasteiger partial charge in [-0.15, -0.1) is 4.40 Å². The first kappa shape index (κ1) is 17.2. The molecule has 0 aromatic heterocycles. The van der Waals surface area contributed by atoms with E-state index >= 15 is 0 Å². The van der Waals surface area contributed by atoms with Crippen LogP contribution in [0.25, 0.3) is 0 Å². The predicted octanol–water partition coefficient (Wildman–Crippen LogP) is 3.27. The Morgan fingerprint density at radius 2 is 1.57 bits per heavy atom. The Labute approximate surface area is 141 Å². The summed E-state index contributed by atoms with van der Waals surface area (Å²) in [5.41, 5.74) is 2.11. The number of thiol groups is 1. The van der Waals surface area contributed by atoms with Crippen LogP contribution < -0.4 is 4.90 Å². The molecule has 0 fully saturated rings. The van der Waals surface area contributed by atoms with Crippen LogP contribution in [0.4, 0.5) is 11.4 Å². The van der Waals surface area contributed by atoms with Gasteiger partial charge >= 0.3 is 0 Å². The molecule has 0 amide bonds. The molecule has 2 aromatic carbocycles. The van der Waals surface area contributed by atoms with Gasteiger partial charge in [0, 0.05) is 16.9 Å². The van der Waals surface area contributed by atoms with Crippen LogP contribution in [-0.4, -0.2) is 25.6 Å². The maximum atomic E-state index is 11.4. The summed E-state index contributed by atoms with van der Waals surface area (Å²) < 4.78 is 25.8. The topological polar surface area (TPSA) is 66.8 Å². The van der Waals surface area contributed by atoms with Crippen molar-refractivity contribution in [1.29, 1.82) is 0 Å². The zero-order chi connectivity index (χ0) is 16.8. The van der Waals surface area contributed by atoms with E-state index in [0.29, 0.717) is 10.7 Å². The Bertz CT molecular complexity index is 777. The van der Waals surface area contributed by atoms with E-state index in [9.17, 15) is 13.2 Å². The number of thioether (sulfide) groups is 1. The Hall–Kier alpha value is -2.12. The van der Waals surface area contributed by atoms with Gasteiger partial charge in [-0.25, -0.2) is 8.42 Å². The standard InChI is InChI=1S/C16H16N2O3S2/c1-12(19)13-8-10-15(11-9-13)18(14-6-4-3-5-7-14)16(22-2)17-23(20)21/h3-11,23H,1-2H3. The Kier molecular flexibility index (Phi) is 5.95. The quantitative estimate of drug-likeness (QED) is 0.397. The Morgan fingerprint density at radius 3 is 2.04 bits per heavy atom. The summed E-state index contributed by atoms with van der Waals surface area (Å²) in [6.45, 7) is 1.50. The smallest absolute Gasteiger partial charge is 0.245 e. The highest BCUT2D eigenvalue weighted by atomic mass is 32.2. The molecule has 2 rings (SSSR count). The van der Waals surface area contributed by atoms with Crippen LogP contribution >= 0.6 is 11.8 Å². The molecule has 5 nitrogen and oxygen atoms in total. The number of ketones is 1. The lowest BCUT2D eigenvalue weighted by molar-refractivity contribution is 0.101. The first-order chi connectivity index (χ1) is 11.0. The van der Waals surface area contributed by atoms with Crippen LogP contribution in [0.1, 0.15) is 17.3 Å². The number of benzene rings is 2. The molecule has 0 atom stereocenters. The molecule has 0 aliphatic heterocycles. The number of carbonyl (C=O) groups is 1. The van der Waals surface area contributed by atoms with E-state index in [1.165, 1.54) is 18.7 Å². The van der Waals surface area contributed by atoms with Crippen molar-refractivity contribution < 1.29 is 13.2 Å². The van der Waals surface area contributed by atoms with Crippen molar-refractivity contribution >= 4 is 45.0 Å². The van der Waals surface area contributed by atoms with Crippen LogP contribution in [0.2, 0.25) is 0 Å². The van der Waals surface area contributed by atoms with Crippen LogP contribution in [0.15, 0.2) is 59.0 Å². The van der Waals surface area contributed by atoms with E-state index in [0.717, 1.165) is 11.4 Å². The summed E-state index contributed by atoms with van der Waals surface area (Å²) in [5, 5.41) is 0.336. The number of anilines is 2. The number of amidine groups is 1. The molecule has 2 aromatic rings. The number of Topliss-reactive ketones (excluding diaryl/α,β-unsaturated/α-hetero) is 1. The van der Waals surface area contributed by atoms with E-state index in [2.05, 4.69) is 4.40 Å². The second kappa shape index (κ2) is 7.94. The van der Waals surface area contributed by atoms with Gasteiger partial charge in [-0.05, 0) is 49.6 Å². The fraction of sp³-hybridized carbons (Fsp3) is 0.125. The van der Waals surface area contributed by atoms with Gasteiger partial charge in [0.15, 0.2) is 11.0 Å². The fourth-order valence-electron chi connectivity index (χ4n) is 2.04. The zero-order valence-electron chi connectivity index (χ0n) is 12.7. The van der Waals surface area contributed by atoms with Gasteiger partial charge in [0.25, 0.3) is 0 Å². The molecule has 0 spiro atoms. The Morgan fingerprint density at radius 1 is 1.00 bits per heavy atom. The van der Waals surface area contributed by atoms with Crippen LogP contribution in [0.5, 0.6) is 0 Å². The lowest BCUT2D eigenvalue weighted by Gasteiger charge is -2.24. The number of hydrogen-bond donors (Lipinski definition) is 1. The summed E-state index contributed by atoms with van der Waals surface area (Å²) in [4.78, 5) is 13.1. The first-order valence-corrected chi connectivity index (χ1v) is 9.11. The molecular weight excluding hydrogens is 332 g/mol. The predicted molar refractivity (Wildman–Crippen MR) is 96.3 cm³/mol. The minimum Gasteiger partial charge on any atom is -0.295 e.